The van der Waals surface area contributed by atoms with Gasteiger partial charge in [-0.1, -0.05) is 0 Å². The molecule has 2 aromatic rings. The molecule has 1 aromatic carbocycles. The van der Waals surface area contributed by atoms with E-state index in [1.54, 1.807) is 14.2 Å². The molecule has 3 rings (SSSR count). The first kappa shape index (κ1) is 23.3. The molecule has 1 aliphatic heterocycles. The summed E-state index contributed by atoms with van der Waals surface area (Å²) >= 11 is 0. The van der Waals surface area contributed by atoms with E-state index in [-0.39, 0.29) is 24.0 Å². The van der Waals surface area contributed by atoms with Crippen LogP contribution in [0.25, 0.3) is 0 Å². The van der Waals surface area contributed by atoms with Crippen LogP contribution in [0.1, 0.15) is 30.0 Å². The van der Waals surface area contributed by atoms with Crippen molar-refractivity contribution in [3.8, 4) is 11.5 Å². The van der Waals surface area contributed by atoms with Gasteiger partial charge in [-0.25, -0.2) is 0 Å². The van der Waals surface area contributed by atoms with E-state index in [4.69, 9.17) is 14.5 Å². The third-order valence-electron chi connectivity index (χ3n) is 4.92. The number of nitrogens with one attached hydrogen (secondary N) is 1. The van der Waals surface area contributed by atoms with Gasteiger partial charge in [0.1, 0.15) is 0 Å². The van der Waals surface area contributed by atoms with Gasteiger partial charge < -0.3 is 19.7 Å². The Hall–Kier alpha value is -1.97. The number of nitrogens with zero attached hydrogens (tertiary/aromatic N) is 4. The first-order valence-corrected chi connectivity index (χ1v) is 9.90. The van der Waals surface area contributed by atoms with Crippen molar-refractivity contribution in [2.75, 3.05) is 33.9 Å². The second-order valence-electron chi connectivity index (χ2n) is 7.02. The molecule has 0 fully saturated rings. The summed E-state index contributed by atoms with van der Waals surface area (Å²) in [7, 11) is 3.36. The molecule has 0 atom stereocenters. The molecule has 7 nitrogen and oxygen atoms in total. The Kier molecular flexibility index (Phi) is 9.06. The Morgan fingerprint density at radius 1 is 1.21 bits per heavy atom. The Morgan fingerprint density at radius 3 is 2.55 bits per heavy atom. The van der Waals surface area contributed by atoms with Crippen LogP contribution in [0, 0.1) is 6.92 Å². The molecule has 1 aromatic heterocycles. The van der Waals surface area contributed by atoms with Crippen molar-refractivity contribution in [1.82, 2.24) is 20.0 Å². The summed E-state index contributed by atoms with van der Waals surface area (Å²) in [6, 6.07) is 4.19. The van der Waals surface area contributed by atoms with Crippen LogP contribution < -0.4 is 14.8 Å². The van der Waals surface area contributed by atoms with Crippen molar-refractivity contribution in [1.29, 1.82) is 0 Å². The molecule has 29 heavy (non-hydrogen) atoms. The third kappa shape index (κ3) is 6.01. The molecule has 8 heteroatoms. The number of aliphatic imine (C=N–C) groups is 1. The molecule has 0 saturated carbocycles. The summed E-state index contributed by atoms with van der Waals surface area (Å²) in [5, 5.41) is 7.77. The molecule has 0 spiro atoms. The van der Waals surface area contributed by atoms with E-state index < -0.39 is 0 Å². The van der Waals surface area contributed by atoms with Crippen molar-refractivity contribution in [2.45, 2.75) is 39.8 Å². The van der Waals surface area contributed by atoms with Gasteiger partial charge in [0.05, 0.1) is 20.4 Å². The van der Waals surface area contributed by atoms with Crippen LogP contribution >= 0.6 is 24.0 Å². The highest BCUT2D eigenvalue weighted by atomic mass is 127. The van der Waals surface area contributed by atoms with E-state index in [9.17, 15) is 0 Å². The lowest BCUT2D eigenvalue weighted by Gasteiger charge is -2.32. The minimum Gasteiger partial charge on any atom is -0.493 e. The quantitative estimate of drug-likeness (QED) is 0.267. The topological polar surface area (TPSA) is 63.9 Å². The number of hydrogen-bond acceptors (Lipinski definition) is 4. The molecule has 0 saturated heterocycles. The average Bonchev–Trinajstić information content (AvgIpc) is 3.13. The first-order valence-electron chi connectivity index (χ1n) is 9.90. The number of aromatic nitrogens is 2. The second kappa shape index (κ2) is 11.3. The summed E-state index contributed by atoms with van der Waals surface area (Å²) in [6.07, 6.45) is 5.89. The Balaban J connectivity index is 0.00000300. The Labute approximate surface area is 190 Å². The third-order valence-corrected chi connectivity index (χ3v) is 4.92. The van der Waals surface area contributed by atoms with Gasteiger partial charge in [0.25, 0.3) is 0 Å². The van der Waals surface area contributed by atoms with E-state index >= 15 is 0 Å². The van der Waals surface area contributed by atoms with Crippen LogP contribution in [0.5, 0.6) is 11.5 Å². The van der Waals surface area contributed by atoms with E-state index in [2.05, 4.69) is 47.5 Å². The van der Waals surface area contributed by atoms with Crippen molar-refractivity contribution in [2.24, 2.45) is 4.99 Å². The zero-order valence-corrected chi connectivity index (χ0v) is 20.1. The van der Waals surface area contributed by atoms with Crippen molar-refractivity contribution in [3.63, 3.8) is 0 Å². The monoisotopic (exact) mass is 513 g/mol. The molecule has 0 aliphatic carbocycles. The van der Waals surface area contributed by atoms with Crippen molar-refractivity contribution in [3.05, 3.63) is 41.2 Å². The molecule has 160 valence electrons. The number of ether oxygens (including phenoxy) is 2. The number of hydrogen-bond donors (Lipinski definition) is 1. The highest BCUT2D eigenvalue weighted by molar-refractivity contribution is 14.0. The number of fused-ring (bicyclic) bond motifs is 1. The maximum Gasteiger partial charge on any atom is 0.194 e. The number of rotatable bonds is 7. The number of methoxy groups -OCH3 is 2. The molecule has 0 unspecified atom stereocenters. The smallest absolute Gasteiger partial charge is 0.194 e. The van der Waals surface area contributed by atoms with E-state index in [0.29, 0.717) is 0 Å². The lowest BCUT2D eigenvalue weighted by molar-refractivity contribution is 0.346. The van der Waals surface area contributed by atoms with Crippen LogP contribution in [0.15, 0.2) is 29.5 Å². The van der Waals surface area contributed by atoms with Gasteiger partial charge in [0.2, 0.25) is 0 Å². The number of guanidine groups is 1. The van der Waals surface area contributed by atoms with Gasteiger partial charge in [-0.3, -0.25) is 9.67 Å². The van der Waals surface area contributed by atoms with Gasteiger partial charge in [-0.2, -0.15) is 5.10 Å². The highest BCUT2D eigenvalue weighted by Gasteiger charge is 2.21. The molecule has 0 amide bonds. The predicted molar refractivity (Wildman–Crippen MR) is 127 cm³/mol. The largest absolute Gasteiger partial charge is 0.493 e. The maximum absolute atomic E-state index is 5.47. The number of aryl methyl sites for hydroxylation is 2. The van der Waals surface area contributed by atoms with E-state index in [1.165, 1.54) is 16.7 Å². The normalized spacial score (nSPS) is 13.5. The fourth-order valence-corrected chi connectivity index (χ4v) is 3.50. The summed E-state index contributed by atoms with van der Waals surface area (Å²) in [5.74, 6) is 2.54. The molecule has 0 bridgehead atoms. The molecular formula is C21H32IN5O2. The predicted octanol–water partition coefficient (Wildman–Crippen LogP) is 3.24. The van der Waals surface area contributed by atoms with E-state index in [0.717, 1.165) is 63.0 Å². The highest BCUT2D eigenvalue weighted by Crippen LogP contribution is 2.33. The zero-order chi connectivity index (χ0) is 19.9. The molecule has 0 radical (unpaired) electrons. The maximum atomic E-state index is 5.47. The van der Waals surface area contributed by atoms with E-state index in [1.807, 2.05) is 10.9 Å². The molecule has 1 aliphatic rings. The minimum absolute atomic E-state index is 0. The summed E-state index contributed by atoms with van der Waals surface area (Å²) < 4.78 is 12.9. The van der Waals surface area contributed by atoms with Gasteiger partial charge in [-0.05, 0) is 55.5 Å². The standard InChI is InChI=1S/C21H31N5O2.HI/c1-5-22-21(23-8-6-9-26-14-16(2)13-24-26)25-10-7-17-11-19(27-3)20(28-4)12-18(17)15-25;/h11-14H,5-10,15H2,1-4H3,(H,22,23);1H. The van der Waals surface area contributed by atoms with Crippen LogP contribution in [-0.2, 0) is 19.5 Å². The lowest BCUT2D eigenvalue weighted by Crippen LogP contribution is -2.44. The first-order chi connectivity index (χ1) is 13.6. The van der Waals surface area contributed by atoms with Crippen molar-refractivity contribution >= 4 is 29.9 Å². The summed E-state index contributed by atoms with van der Waals surface area (Å²) in [6.45, 7) is 8.43. The second-order valence-corrected chi connectivity index (χ2v) is 7.02. The number of benzene rings is 1. The lowest BCUT2D eigenvalue weighted by atomic mass is 9.99. The minimum atomic E-state index is 0. The van der Waals surface area contributed by atoms with Gasteiger partial charge in [0.15, 0.2) is 17.5 Å². The van der Waals surface area contributed by atoms with Crippen LogP contribution in [0.4, 0.5) is 0 Å². The fraction of sp³-hybridized carbons (Fsp3) is 0.524. The molecular weight excluding hydrogens is 481 g/mol. The fourth-order valence-electron chi connectivity index (χ4n) is 3.50. The van der Waals surface area contributed by atoms with Gasteiger partial charge >= 0.3 is 0 Å². The molecule has 1 N–H and O–H groups in total. The Bertz CT molecular complexity index is 821. The van der Waals surface area contributed by atoms with Gasteiger partial charge in [-0.15, -0.1) is 24.0 Å². The van der Waals surface area contributed by atoms with Crippen LogP contribution in [-0.4, -0.2) is 54.5 Å². The average molecular weight is 513 g/mol. The number of halogens is 1. The van der Waals surface area contributed by atoms with Crippen LogP contribution in [0.2, 0.25) is 0 Å². The SMILES string of the molecule is CCNC(=NCCCn1cc(C)cn1)N1CCc2cc(OC)c(OC)cc2C1.I. The summed E-state index contributed by atoms with van der Waals surface area (Å²) in [5.41, 5.74) is 3.77. The van der Waals surface area contributed by atoms with Gasteiger partial charge in [0, 0.05) is 38.9 Å². The Morgan fingerprint density at radius 2 is 1.93 bits per heavy atom. The van der Waals surface area contributed by atoms with Crippen LogP contribution in [0.3, 0.4) is 0 Å². The van der Waals surface area contributed by atoms with Crippen molar-refractivity contribution < 1.29 is 9.47 Å². The summed E-state index contributed by atoms with van der Waals surface area (Å²) in [4.78, 5) is 7.16. The molecule has 2 heterocycles. The zero-order valence-electron chi connectivity index (χ0n) is 17.8.